The zero-order valence-electron chi connectivity index (χ0n) is 9.31. The third-order valence-electron chi connectivity index (χ3n) is 2.75. The summed E-state index contributed by atoms with van der Waals surface area (Å²) >= 11 is 3.47. The molecular formula is C15H12BrN. The van der Waals surface area contributed by atoms with Crippen molar-refractivity contribution in [1.29, 1.82) is 5.26 Å². The second-order valence-electron chi connectivity index (χ2n) is 3.88. The van der Waals surface area contributed by atoms with Gasteiger partial charge >= 0.3 is 0 Å². The van der Waals surface area contributed by atoms with Crippen LogP contribution in [0.1, 0.15) is 23.5 Å². The molecule has 0 radical (unpaired) electrons. The van der Waals surface area contributed by atoms with Crippen LogP contribution in [0.25, 0.3) is 0 Å². The van der Waals surface area contributed by atoms with E-state index < -0.39 is 0 Å². The summed E-state index contributed by atoms with van der Waals surface area (Å²) in [5.74, 6) is 0.152. The fourth-order valence-corrected chi connectivity index (χ4v) is 2.35. The van der Waals surface area contributed by atoms with E-state index in [4.69, 9.17) is 5.26 Å². The molecule has 84 valence electrons. The predicted octanol–water partition coefficient (Wildman–Crippen LogP) is 4.49. The van der Waals surface area contributed by atoms with Gasteiger partial charge in [0, 0.05) is 16.8 Å². The van der Waals surface area contributed by atoms with Gasteiger partial charge in [-0.2, -0.15) is 5.26 Å². The third-order valence-corrected chi connectivity index (χ3v) is 3.24. The number of rotatable bonds is 3. The predicted molar refractivity (Wildman–Crippen MR) is 72.7 cm³/mol. The molecule has 0 fully saturated rings. The quantitative estimate of drug-likeness (QED) is 0.815. The van der Waals surface area contributed by atoms with E-state index in [-0.39, 0.29) is 5.92 Å². The van der Waals surface area contributed by atoms with Crippen LogP contribution in [-0.2, 0) is 0 Å². The summed E-state index contributed by atoms with van der Waals surface area (Å²) in [6.07, 6.45) is 0.500. The van der Waals surface area contributed by atoms with E-state index >= 15 is 0 Å². The molecule has 1 unspecified atom stereocenters. The fraction of sp³-hybridized carbons (Fsp3) is 0.133. The molecule has 2 heteroatoms. The molecule has 0 amide bonds. The largest absolute Gasteiger partial charge is 0.198 e. The van der Waals surface area contributed by atoms with E-state index in [1.54, 1.807) is 0 Å². The molecule has 1 nitrogen and oxygen atoms in total. The highest BCUT2D eigenvalue weighted by molar-refractivity contribution is 9.10. The molecule has 0 saturated carbocycles. The Labute approximate surface area is 110 Å². The molecule has 0 spiro atoms. The van der Waals surface area contributed by atoms with Gasteiger partial charge in [-0.3, -0.25) is 0 Å². The minimum atomic E-state index is 0.152. The molecule has 0 saturated heterocycles. The SMILES string of the molecule is N#CCC(c1ccccc1)c1cccc(Br)c1. The number of hydrogen-bond acceptors (Lipinski definition) is 1. The minimum Gasteiger partial charge on any atom is -0.198 e. The topological polar surface area (TPSA) is 23.8 Å². The Morgan fingerprint density at radius 3 is 2.35 bits per heavy atom. The van der Waals surface area contributed by atoms with E-state index in [0.29, 0.717) is 6.42 Å². The first-order valence-electron chi connectivity index (χ1n) is 5.48. The summed E-state index contributed by atoms with van der Waals surface area (Å²) in [4.78, 5) is 0. The second-order valence-corrected chi connectivity index (χ2v) is 4.80. The molecule has 0 heterocycles. The maximum absolute atomic E-state index is 8.97. The average Bonchev–Trinajstić information content (AvgIpc) is 2.37. The lowest BCUT2D eigenvalue weighted by molar-refractivity contribution is 0.837. The Morgan fingerprint density at radius 2 is 1.71 bits per heavy atom. The summed E-state index contributed by atoms with van der Waals surface area (Å²) in [6, 6.07) is 20.6. The standard InChI is InChI=1S/C15H12BrN/c16-14-8-4-7-13(11-14)15(9-10-17)12-5-2-1-3-6-12/h1-8,11,15H,9H2. The van der Waals surface area contributed by atoms with Crippen molar-refractivity contribution < 1.29 is 0 Å². The highest BCUT2D eigenvalue weighted by Gasteiger charge is 2.13. The molecule has 0 aliphatic rings. The van der Waals surface area contributed by atoms with Gasteiger partial charge in [-0.05, 0) is 23.3 Å². The van der Waals surface area contributed by atoms with Gasteiger partial charge < -0.3 is 0 Å². The summed E-state index contributed by atoms with van der Waals surface area (Å²) in [6.45, 7) is 0. The van der Waals surface area contributed by atoms with Crippen LogP contribution >= 0.6 is 15.9 Å². The molecule has 0 aromatic heterocycles. The molecule has 2 aromatic rings. The summed E-state index contributed by atoms with van der Waals surface area (Å²) in [5.41, 5.74) is 2.36. The van der Waals surface area contributed by atoms with E-state index in [1.165, 1.54) is 11.1 Å². The molecule has 2 rings (SSSR count). The van der Waals surface area contributed by atoms with Crippen molar-refractivity contribution in [2.24, 2.45) is 0 Å². The Morgan fingerprint density at radius 1 is 1.00 bits per heavy atom. The number of nitriles is 1. The van der Waals surface area contributed by atoms with Crippen molar-refractivity contribution in [3.05, 3.63) is 70.2 Å². The van der Waals surface area contributed by atoms with Gasteiger partial charge in [-0.25, -0.2) is 0 Å². The van der Waals surface area contributed by atoms with Crippen molar-refractivity contribution in [3.63, 3.8) is 0 Å². The molecule has 0 aliphatic heterocycles. The summed E-state index contributed by atoms with van der Waals surface area (Å²) < 4.78 is 1.05. The maximum Gasteiger partial charge on any atom is 0.0631 e. The number of nitrogens with zero attached hydrogens (tertiary/aromatic N) is 1. The summed E-state index contributed by atoms with van der Waals surface area (Å²) in [7, 11) is 0. The maximum atomic E-state index is 8.97. The van der Waals surface area contributed by atoms with Gasteiger partial charge in [0.25, 0.3) is 0 Å². The van der Waals surface area contributed by atoms with Crippen LogP contribution in [0.3, 0.4) is 0 Å². The number of benzene rings is 2. The van der Waals surface area contributed by atoms with Crippen molar-refractivity contribution in [1.82, 2.24) is 0 Å². The van der Waals surface area contributed by atoms with Crippen LogP contribution < -0.4 is 0 Å². The van der Waals surface area contributed by atoms with Crippen LogP contribution in [0.15, 0.2) is 59.1 Å². The summed E-state index contributed by atoms with van der Waals surface area (Å²) in [5, 5.41) is 8.97. The molecule has 0 aliphatic carbocycles. The molecule has 17 heavy (non-hydrogen) atoms. The monoisotopic (exact) mass is 285 g/mol. The van der Waals surface area contributed by atoms with Crippen LogP contribution in [0, 0.1) is 11.3 Å². The van der Waals surface area contributed by atoms with Gasteiger partial charge in [0.2, 0.25) is 0 Å². The first-order chi connectivity index (χ1) is 8.31. The van der Waals surface area contributed by atoms with Crippen molar-refractivity contribution in [2.75, 3.05) is 0 Å². The zero-order valence-corrected chi connectivity index (χ0v) is 10.9. The third kappa shape index (κ3) is 2.95. The lowest BCUT2D eigenvalue weighted by Gasteiger charge is -2.14. The molecule has 2 aromatic carbocycles. The first kappa shape index (κ1) is 11.9. The van der Waals surface area contributed by atoms with Crippen LogP contribution in [0.2, 0.25) is 0 Å². The van der Waals surface area contributed by atoms with E-state index in [0.717, 1.165) is 4.47 Å². The first-order valence-corrected chi connectivity index (χ1v) is 6.28. The van der Waals surface area contributed by atoms with Crippen LogP contribution in [-0.4, -0.2) is 0 Å². The average molecular weight is 286 g/mol. The van der Waals surface area contributed by atoms with Crippen LogP contribution in [0.4, 0.5) is 0 Å². The van der Waals surface area contributed by atoms with Gasteiger partial charge in [-0.1, -0.05) is 58.4 Å². The lowest BCUT2D eigenvalue weighted by atomic mass is 9.89. The van der Waals surface area contributed by atoms with Gasteiger partial charge in [0.1, 0.15) is 0 Å². The second kappa shape index (κ2) is 5.65. The van der Waals surface area contributed by atoms with Gasteiger partial charge in [0.05, 0.1) is 6.07 Å². The molecule has 1 atom stereocenters. The van der Waals surface area contributed by atoms with Crippen molar-refractivity contribution >= 4 is 15.9 Å². The fourth-order valence-electron chi connectivity index (χ4n) is 1.93. The van der Waals surface area contributed by atoms with Crippen molar-refractivity contribution in [3.8, 4) is 6.07 Å². The smallest absolute Gasteiger partial charge is 0.0631 e. The Balaban J connectivity index is 2.40. The van der Waals surface area contributed by atoms with E-state index in [1.807, 2.05) is 30.3 Å². The highest BCUT2D eigenvalue weighted by Crippen LogP contribution is 2.29. The number of hydrogen-bond donors (Lipinski definition) is 0. The molecular weight excluding hydrogens is 274 g/mol. The van der Waals surface area contributed by atoms with Gasteiger partial charge in [-0.15, -0.1) is 0 Å². The normalized spacial score (nSPS) is 11.8. The van der Waals surface area contributed by atoms with Crippen LogP contribution in [0.5, 0.6) is 0 Å². The Bertz CT molecular complexity index is 528. The minimum absolute atomic E-state index is 0.152. The molecule has 0 N–H and O–H groups in total. The van der Waals surface area contributed by atoms with E-state index in [2.05, 4.69) is 46.3 Å². The number of halogens is 1. The Hall–Kier alpha value is -1.59. The van der Waals surface area contributed by atoms with Gasteiger partial charge in [0.15, 0.2) is 0 Å². The van der Waals surface area contributed by atoms with E-state index in [9.17, 15) is 0 Å². The molecule has 0 bridgehead atoms. The highest BCUT2D eigenvalue weighted by atomic mass is 79.9. The van der Waals surface area contributed by atoms with Crippen molar-refractivity contribution in [2.45, 2.75) is 12.3 Å². The Kier molecular flexibility index (Phi) is 3.95. The lowest BCUT2D eigenvalue weighted by Crippen LogP contribution is -1.99. The zero-order chi connectivity index (χ0) is 12.1.